The first-order chi connectivity index (χ1) is 17.9. The minimum Gasteiger partial charge on any atom is -0.383 e. The number of hydrogen-bond donors (Lipinski definition) is 1. The molecular formula is C27H26ClN5O3S. The molecule has 2 amide bonds. The fourth-order valence-electron chi connectivity index (χ4n) is 4.44. The smallest absolute Gasteiger partial charge is 0.253 e. The first-order valence-electron chi connectivity index (χ1n) is 11.9. The maximum Gasteiger partial charge on any atom is 0.253 e. The van der Waals surface area contributed by atoms with Gasteiger partial charge >= 0.3 is 0 Å². The van der Waals surface area contributed by atoms with E-state index in [2.05, 4.69) is 10.3 Å². The second-order valence-corrected chi connectivity index (χ2v) is 10.2. The predicted molar refractivity (Wildman–Crippen MR) is 146 cm³/mol. The summed E-state index contributed by atoms with van der Waals surface area (Å²) >= 11 is 8.22. The van der Waals surface area contributed by atoms with Gasteiger partial charge in [-0.05, 0) is 31.0 Å². The van der Waals surface area contributed by atoms with Crippen molar-refractivity contribution in [3.05, 3.63) is 70.4 Å². The standard InChI is InChI=1S/C27H26ClN5O3S/c1-16(34)29-27-30-21-11-10-19-23(17-7-5-4-6-8-17)31-33(24(19)25(21)37-27)22-12-9-18(15-20(22)28)26(35)32(2)13-14-36-3/h4-9,12,15H,10-11,13-14H2,1-3H3,(H,29,30,34). The Kier molecular flexibility index (Phi) is 7.10. The number of ether oxygens (including phenoxy) is 1. The van der Waals surface area contributed by atoms with Gasteiger partial charge in [-0.25, -0.2) is 9.67 Å². The van der Waals surface area contributed by atoms with Gasteiger partial charge in [-0.2, -0.15) is 5.10 Å². The monoisotopic (exact) mass is 535 g/mol. The van der Waals surface area contributed by atoms with E-state index in [1.165, 1.54) is 18.3 Å². The molecule has 0 radical (unpaired) electrons. The summed E-state index contributed by atoms with van der Waals surface area (Å²) in [6.45, 7) is 2.40. The number of hydrogen-bond acceptors (Lipinski definition) is 6. The highest BCUT2D eigenvalue weighted by atomic mass is 35.5. The number of nitrogens with zero attached hydrogens (tertiary/aromatic N) is 4. The van der Waals surface area contributed by atoms with Crippen LogP contribution in [0.2, 0.25) is 5.02 Å². The van der Waals surface area contributed by atoms with Crippen molar-refractivity contribution in [2.24, 2.45) is 0 Å². The van der Waals surface area contributed by atoms with Gasteiger partial charge in [-0.15, -0.1) is 0 Å². The van der Waals surface area contributed by atoms with Crippen LogP contribution in [0.5, 0.6) is 0 Å². The highest BCUT2D eigenvalue weighted by Gasteiger charge is 2.30. The number of amides is 2. The molecule has 1 aliphatic rings. The van der Waals surface area contributed by atoms with Gasteiger partial charge < -0.3 is 15.0 Å². The van der Waals surface area contributed by atoms with E-state index >= 15 is 0 Å². The number of likely N-dealkylation sites (N-methyl/N-ethyl adjacent to an activating group) is 1. The molecule has 8 nitrogen and oxygen atoms in total. The number of aromatic nitrogens is 3. The SMILES string of the molecule is COCCN(C)C(=O)c1ccc(-n2nc(-c3ccccc3)c3c2-c2sc(NC(C)=O)nc2CC3)c(Cl)c1. The highest BCUT2D eigenvalue weighted by molar-refractivity contribution is 7.19. The zero-order valence-corrected chi connectivity index (χ0v) is 22.3. The highest BCUT2D eigenvalue weighted by Crippen LogP contribution is 2.44. The summed E-state index contributed by atoms with van der Waals surface area (Å²) in [4.78, 5) is 31.8. The Morgan fingerprint density at radius 3 is 2.68 bits per heavy atom. The molecule has 0 atom stereocenters. The minimum absolute atomic E-state index is 0.136. The Bertz CT molecular complexity index is 1480. The van der Waals surface area contributed by atoms with E-state index in [0.717, 1.165) is 45.9 Å². The van der Waals surface area contributed by atoms with Gasteiger partial charge in [-0.1, -0.05) is 53.3 Å². The lowest BCUT2D eigenvalue weighted by Crippen LogP contribution is -2.29. The fraction of sp³-hybridized carbons (Fsp3) is 0.259. The fourth-order valence-corrected chi connectivity index (χ4v) is 5.81. The van der Waals surface area contributed by atoms with E-state index in [9.17, 15) is 9.59 Å². The zero-order valence-electron chi connectivity index (χ0n) is 20.7. The summed E-state index contributed by atoms with van der Waals surface area (Å²) in [5, 5.41) is 8.81. The number of methoxy groups -OCH3 is 1. The van der Waals surface area contributed by atoms with Gasteiger partial charge in [0.25, 0.3) is 5.91 Å². The molecule has 1 aliphatic carbocycles. The van der Waals surface area contributed by atoms with Gasteiger partial charge in [-0.3, -0.25) is 9.59 Å². The van der Waals surface area contributed by atoms with E-state index in [4.69, 9.17) is 21.4 Å². The van der Waals surface area contributed by atoms with Crippen LogP contribution in [0.15, 0.2) is 48.5 Å². The summed E-state index contributed by atoms with van der Waals surface area (Å²) in [5.74, 6) is -0.300. The van der Waals surface area contributed by atoms with Gasteiger partial charge in [0.05, 0.1) is 39.3 Å². The molecule has 0 aliphatic heterocycles. The Morgan fingerprint density at radius 1 is 1.19 bits per heavy atom. The molecule has 1 N–H and O–H groups in total. The van der Waals surface area contributed by atoms with Crippen molar-refractivity contribution in [2.45, 2.75) is 19.8 Å². The predicted octanol–water partition coefficient (Wildman–Crippen LogP) is 5.09. The molecule has 10 heteroatoms. The number of halogens is 1. The third-order valence-corrected chi connectivity index (χ3v) is 7.56. The third kappa shape index (κ3) is 4.90. The van der Waals surface area contributed by atoms with Crippen LogP contribution >= 0.6 is 22.9 Å². The molecule has 2 heterocycles. The van der Waals surface area contributed by atoms with E-state index in [1.54, 1.807) is 31.2 Å². The Labute approximate surface area is 223 Å². The first-order valence-corrected chi connectivity index (χ1v) is 13.1. The molecular weight excluding hydrogens is 510 g/mol. The quantitative estimate of drug-likeness (QED) is 0.356. The van der Waals surface area contributed by atoms with Crippen molar-refractivity contribution >= 4 is 39.9 Å². The first kappa shape index (κ1) is 25.1. The molecule has 0 spiro atoms. The number of aryl methyl sites for hydroxylation is 1. The van der Waals surface area contributed by atoms with Crippen molar-refractivity contribution in [2.75, 3.05) is 32.6 Å². The van der Waals surface area contributed by atoms with Crippen LogP contribution in [0.3, 0.4) is 0 Å². The summed E-state index contributed by atoms with van der Waals surface area (Å²) in [6.07, 6.45) is 1.51. The van der Waals surface area contributed by atoms with E-state index < -0.39 is 0 Å². The maximum atomic E-state index is 12.9. The molecule has 0 bridgehead atoms. The van der Waals surface area contributed by atoms with E-state index in [1.807, 2.05) is 41.1 Å². The average molecular weight is 536 g/mol. The largest absolute Gasteiger partial charge is 0.383 e. The normalized spacial score (nSPS) is 12.1. The lowest BCUT2D eigenvalue weighted by atomic mass is 9.95. The molecule has 0 saturated carbocycles. The summed E-state index contributed by atoms with van der Waals surface area (Å²) in [7, 11) is 3.34. The van der Waals surface area contributed by atoms with Crippen LogP contribution in [0.4, 0.5) is 5.13 Å². The molecule has 37 heavy (non-hydrogen) atoms. The lowest BCUT2D eigenvalue weighted by molar-refractivity contribution is -0.114. The summed E-state index contributed by atoms with van der Waals surface area (Å²) < 4.78 is 6.93. The second-order valence-electron chi connectivity index (χ2n) is 8.82. The number of thiazole rings is 1. The molecule has 0 unspecified atom stereocenters. The topological polar surface area (TPSA) is 89.4 Å². The second kappa shape index (κ2) is 10.5. The number of carbonyl (C=O) groups excluding carboxylic acids is 2. The van der Waals surface area contributed by atoms with Crippen molar-refractivity contribution in [1.82, 2.24) is 19.7 Å². The number of anilines is 1. The molecule has 5 rings (SSSR count). The summed E-state index contributed by atoms with van der Waals surface area (Å²) in [5.41, 5.74) is 5.98. The summed E-state index contributed by atoms with van der Waals surface area (Å²) in [6, 6.07) is 15.3. The maximum absolute atomic E-state index is 12.9. The zero-order chi connectivity index (χ0) is 26.1. The third-order valence-electron chi connectivity index (χ3n) is 6.24. The van der Waals surface area contributed by atoms with Gasteiger partial charge in [0.1, 0.15) is 0 Å². The van der Waals surface area contributed by atoms with Crippen LogP contribution in [0, 0.1) is 0 Å². The van der Waals surface area contributed by atoms with Crippen LogP contribution in [-0.4, -0.2) is 58.8 Å². The van der Waals surface area contributed by atoms with Crippen LogP contribution < -0.4 is 5.32 Å². The van der Waals surface area contributed by atoms with Crippen molar-refractivity contribution in [1.29, 1.82) is 0 Å². The lowest BCUT2D eigenvalue weighted by Gasteiger charge is -2.18. The average Bonchev–Trinajstić information content (AvgIpc) is 3.47. The van der Waals surface area contributed by atoms with E-state index in [0.29, 0.717) is 34.6 Å². The molecule has 4 aromatic rings. The number of carbonyl (C=O) groups is 2. The Morgan fingerprint density at radius 2 is 1.97 bits per heavy atom. The molecule has 0 fully saturated rings. The van der Waals surface area contributed by atoms with Crippen LogP contribution in [0.1, 0.15) is 28.5 Å². The molecule has 2 aromatic heterocycles. The van der Waals surface area contributed by atoms with Crippen LogP contribution in [-0.2, 0) is 22.4 Å². The number of rotatable bonds is 7. The molecule has 2 aromatic carbocycles. The van der Waals surface area contributed by atoms with Gasteiger partial charge in [0, 0.05) is 44.3 Å². The minimum atomic E-state index is -0.163. The van der Waals surface area contributed by atoms with Gasteiger partial charge in [0.15, 0.2) is 5.13 Å². The Balaban J connectivity index is 1.62. The van der Waals surface area contributed by atoms with Crippen molar-refractivity contribution < 1.29 is 14.3 Å². The van der Waals surface area contributed by atoms with E-state index in [-0.39, 0.29) is 11.8 Å². The Hall–Kier alpha value is -3.53. The van der Waals surface area contributed by atoms with Gasteiger partial charge in [0.2, 0.25) is 5.91 Å². The number of fused-ring (bicyclic) bond motifs is 3. The number of nitrogens with one attached hydrogen (secondary N) is 1. The number of benzene rings is 2. The molecule has 190 valence electrons. The molecule has 0 saturated heterocycles. The van der Waals surface area contributed by atoms with Crippen molar-refractivity contribution in [3.8, 4) is 27.5 Å². The van der Waals surface area contributed by atoms with Crippen molar-refractivity contribution in [3.63, 3.8) is 0 Å². The van der Waals surface area contributed by atoms with Crippen LogP contribution in [0.25, 0.3) is 27.5 Å².